The van der Waals surface area contributed by atoms with E-state index in [0.717, 1.165) is 11.2 Å². The van der Waals surface area contributed by atoms with E-state index in [1.54, 1.807) is 0 Å². The quantitative estimate of drug-likeness (QED) is 0.430. The second kappa shape index (κ2) is 1.28. The largest absolute Gasteiger partial charge is 0.154 e. The zero-order chi connectivity index (χ0) is 4.69. The predicted molar refractivity (Wildman–Crippen MR) is 33.5 cm³/mol. The van der Waals surface area contributed by atoms with Crippen LogP contribution < -0.4 is 0 Å². The first kappa shape index (κ1) is 4.02. The summed E-state index contributed by atoms with van der Waals surface area (Å²) in [5.41, 5.74) is 0. The Kier molecular flexibility index (Phi) is 0.736. The Morgan fingerprint density at radius 3 is 3.14 bits per heavy atom. The Bertz CT molecular complexity index is 107. The fourth-order valence-corrected chi connectivity index (χ4v) is 2.16. The molecule has 1 aliphatic carbocycles. The number of rotatable bonds is 0. The predicted octanol–water partition coefficient (Wildman–Crippen LogP) is 1.68. The van der Waals surface area contributed by atoms with Crippen LogP contribution in [0.15, 0.2) is 12.2 Å². The minimum atomic E-state index is 0.985. The highest BCUT2D eigenvalue weighted by Gasteiger charge is 2.36. The maximum absolute atomic E-state index is 2.36. The molecule has 0 nitrogen and oxygen atoms in total. The molecule has 0 aromatic heterocycles. The van der Waals surface area contributed by atoms with Gasteiger partial charge in [-0.25, -0.2) is 0 Å². The van der Waals surface area contributed by atoms with E-state index in [1.807, 2.05) is 0 Å². The zero-order valence-electron chi connectivity index (χ0n) is 4.13. The summed E-state index contributed by atoms with van der Waals surface area (Å²) in [7, 11) is 0. The maximum atomic E-state index is 2.36. The van der Waals surface area contributed by atoms with Gasteiger partial charge < -0.3 is 0 Å². The normalized spacial score (nSPS) is 45.7. The summed E-state index contributed by atoms with van der Waals surface area (Å²) in [5, 5.41) is 1.03. The molecule has 0 radical (unpaired) electrons. The molecule has 1 fully saturated rings. The van der Waals surface area contributed by atoms with Gasteiger partial charge in [-0.2, -0.15) is 11.8 Å². The molecule has 1 heterocycles. The third kappa shape index (κ3) is 0.595. The molecule has 2 aliphatic rings. The molecule has 2 rings (SSSR count). The van der Waals surface area contributed by atoms with Crippen LogP contribution in [0.4, 0.5) is 0 Å². The van der Waals surface area contributed by atoms with Gasteiger partial charge in [0, 0.05) is 11.0 Å². The van der Waals surface area contributed by atoms with Gasteiger partial charge in [-0.1, -0.05) is 12.2 Å². The van der Waals surface area contributed by atoms with Crippen LogP contribution in [0.1, 0.15) is 6.42 Å². The molecule has 1 heteroatoms. The van der Waals surface area contributed by atoms with Crippen LogP contribution >= 0.6 is 11.8 Å². The van der Waals surface area contributed by atoms with E-state index in [4.69, 9.17) is 0 Å². The lowest BCUT2D eigenvalue weighted by molar-refractivity contribution is 1.11. The summed E-state index contributed by atoms with van der Waals surface area (Å²) < 4.78 is 0. The first-order valence-corrected chi connectivity index (χ1v) is 3.80. The summed E-state index contributed by atoms with van der Waals surface area (Å²) in [5.74, 6) is 2.25. The van der Waals surface area contributed by atoms with Crippen molar-refractivity contribution in [1.29, 1.82) is 0 Å². The highest BCUT2D eigenvalue weighted by molar-refractivity contribution is 8.00. The van der Waals surface area contributed by atoms with E-state index in [1.165, 1.54) is 12.2 Å². The van der Waals surface area contributed by atoms with Crippen LogP contribution in [-0.4, -0.2) is 11.0 Å². The molecule has 0 aromatic rings. The van der Waals surface area contributed by atoms with Gasteiger partial charge in [0.2, 0.25) is 0 Å². The number of hydrogen-bond donors (Lipinski definition) is 0. The van der Waals surface area contributed by atoms with E-state index < -0.39 is 0 Å². The van der Waals surface area contributed by atoms with Crippen molar-refractivity contribution in [2.75, 3.05) is 5.75 Å². The average molecular weight is 112 g/mol. The third-order valence-electron chi connectivity index (χ3n) is 1.57. The summed E-state index contributed by atoms with van der Waals surface area (Å²) in [4.78, 5) is 0. The van der Waals surface area contributed by atoms with Crippen molar-refractivity contribution >= 4 is 11.8 Å². The standard InChI is InChI=1S/C6H8S/c1-2-5-4-6(5)7-3-1/h1-2,5-6H,3-4H2. The SMILES string of the molecule is C1=CC2CC2SC1. The van der Waals surface area contributed by atoms with Crippen LogP contribution in [0, 0.1) is 5.92 Å². The Hall–Kier alpha value is 0.0900. The van der Waals surface area contributed by atoms with Crippen molar-refractivity contribution in [2.45, 2.75) is 11.7 Å². The van der Waals surface area contributed by atoms with Crippen molar-refractivity contribution in [2.24, 2.45) is 5.92 Å². The molecule has 7 heavy (non-hydrogen) atoms. The molecule has 2 unspecified atom stereocenters. The summed E-state index contributed by atoms with van der Waals surface area (Å²) in [6.45, 7) is 0. The Morgan fingerprint density at radius 2 is 2.57 bits per heavy atom. The number of thioether (sulfide) groups is 1. The summed E-state index contributed by atoms with van der Waals surface area (Å²) >= 11 is 2.11. The van der Waals surface area contributed by atoms with Gasteiger partial charge in [0.05, 0.1) is 0 Å². The van der Waals surface area contributed by atoms with E-state index in [2.05, 4.69) is 23.9 Å². The van der Waals surface area contributed by atoms with E-state index in [0.29, 0.717) is 0 Å². The van der Waals surface area contributed by atoms with Crippen LogP contribution in [-0.2, 0) is 0 Å². The highest BCUT2D eigenvalue weighted by Crippen LogP contribution is 2.45. The average Bonchev–Trinajstić information content (AvgIpc) is 2.41. The molecule has 1 saturated carbocycles. The van der Waals surface area contributed by atoms with Gasteiger partial charge in [0.25, 0.3) is 0 Å². The monoisotopic (exact) mass is 112 g/mol. The van der Waals surface area contributed by atoms with Crippen molar-refractivity contribution < 1.29 is 0 Å². The van der Waals surface area contributed by atoms with Gasteiger partial charge in [0.1, 0.15) is 0 Å². The van der Waals surface area contributed by atoms with Crippen molar-refractivity contribution in [3.05, 3.63) is 12.2 Å². The maximum Gasteiger partial charge on any atom is 0.0119 e. The third-order valence-corrected chi connectivity index (χ3v) is 2.92. The first-order chi connectivity index (χ1) is 3.47. The summed E-state index contributed by atoms with van der Waals surface area (Å²) in [6, 6.07) is 0. The second-order valence-corrected chi connectivity index (χ2v) is 3.47. The number of fused-ring (bicyclic) bond motifs is 1. The lowest BCUT2D eigenvalue weighted by Gasteiger charge is -1.97. The van der Waals surface area contributed by atoms with E-state index in [-0.39, 0.29) is 0 Å². The van der Waals surface area contributed by atoms with Gasteiger partial charge >= 0.3 is 0 Å². The molecule has 0 bridgehead atoms. The first-order valence-electron chi connectivity index (χ1n) is 2.75. The van der Waals surface area contributed by atoms with Gasteiger partial charge in [-0.05, 0) is 12.3 Å². The van der Waals surface area contributed by atoms with Crippen LogP contribution in [0.2, 0.25) is 0 Å². The lowest BCUT2D eigenvalue weighted by Crippen LogP contribution is -1.86. The van der Waals surface area contributed by atoms with Crippen LogP contribution in [0.25, 0.3) is 0 Å². The highest BCUT2D eigenvalue weighted by atomic mass is 32.2. The molecular formula is C6H8S. The molecule has 0 amide bonds. The topological polar surface area (TPSA) is 0 Å². The molecule has 0 spiro atoms. The van der Waals surface area contributed by atoms with Crippen LogP contribution in [0.3, 0.4) is 0 Å². The van der Waals surface area contributed by atoms with Gasteiger partial charge in [-0.3, -0.25) is 0 Å². The van der Waals surface area contributed by atoms with E-state index >= 15 is 0 Å². The zero-order valence-corrected chi connectivity index (χ0v) is 4.95. The van der Waals surface area contributed by atoms with Crippen molar-refractivity contribution in [3.8, 4) is 0 Å². The molecule has 38 valence electrons. The van der Waals surface area contributed by atoms with Crippen molar-refractivity contribution in [1.82, 2.24) is 0 Å². The molecule has 2 atom stereocenters. The second-order valence-electron chi connectivity index (χ2n) is 2.20. The Morgan fingerprint density at radius 1 is 1.57 bits per heavy atom. The number of allylic oxidation sites excluding steroid dienone is 1. The smallest absolute Gasteiger partial charge is 0.0119 e. The molecule has 0 N–H and O–H groups in total. The van der Waals surface area contributed by atoms with Gasteiger partial charge in [-0.15, -0.1) is 0 Å². The minimum Gasteiger partial charge on any atom is -0.154 e. The molecule has 0 aromatic carbocycles. The number of hydrogen-bond acceptors (Lipinski definition) is 1. The summed E-state index contributed by atoms with van der Waals surface area (Å²) in [6.07, 6.45) is 6.11. The Labute approximate surface area is 48.0 Å². The van der Waals surface area contributed by atoms with Crippen molar-refractivity contribution in [3.63, 3.8) is 0 Å². The minimum absolute atomic E-state index is 0.985. The lowest BCUT2D eigenvalue weighted by atomic mass is 10.4. The molecular weight excluding hydrogens is 104 g/mol. The van der Waals surface area contributed by atoms with E-state index in [9.17, 15) is 0 Å². The van der Waals surface area contributed by atoms with Gasteiger partial charge in [0.15, 0.2) is 0 Å². The molecule has 0 saturated heterocycles. The Balaban J connectivity index is 2.14. The molecule has 1 aliphatic heterocycles. The fourth-order valence-electron chi connectivity index (χ4n) is 0.993. The fraction of sp³-hybridized carbons (Fsp3) is 0.667. The van der Waals surface area contributed by atoms with Crippen LogP contribution in [0.5, 0.6) is 0 Å².